The molecule has 0 unspecified atom stereocenters. The van der Waals surface area contributed by atoms with Gasteiger partial charge >= 0.3 is 0 Å². The van der Waals surface area contributed by atoms with E-state index in [-0.39, 0.29) is 9.79 Å². The second-order valence-electron chi connectivity index (χ2n) is 7.11. The van der Waals surface area contributed by atoms with Crippen molar-refractivity contribution in [1.82, 2.24) is 4.98 Å². The number of rotatable bonds is 6. The standard InChI is InChI=1S/C23H26N2O3S/c1-6-28-19-8-7-9-20(14-19)29(26,27)21-11-10-18(5)24-23(21)25-22-16(3)12-15(2)13-17(22)4/h7-14H,6H2,1-5H3,(H,24,25). The maximum absolute atomic E-state index is 13.4. The van der Waals surface area contributed by atoms with Gasteiger partial charge in [0.15, 0.2) is 0 Å². The fraction of sp³-hybridized carbons (Fsp3) is 0.261. The van der Waals surface area contributed by atoms with Crippen molar-refractivity contribution >= 4 is 21.3 Å². The zero-order valence-electron chi connectivity index (χ0n) is 17.4. The molecule has 0 saturated carbocycles. The van der Waals surface area contributed by atoms with Crippen molar-refractivity contribution in [2.24, 2.45) is 0 Å². The summed E-state index contributed by atoms with van der Waals surface area (Å²) in [7, 11) is -3.79. The molecule has 0 aliphatic rings. The van der Waals surface area contributed by atoms with Crippen LogP contribution in [0.2, 0.25) is 0 Å². The minimum Gasteiger partial charge on any atom is -0.494 e. The summed E-state index contributed by atoms with van der Waals surface area (Å²) in [5, 5.41) is 3.27. The molecule has 1 N–H and O–H groups in total. The zero-order valence-corrected chi connectivity index (χ0v) is 18.2. The van der Waals surface area contributed by atoms with Gasteiger partial charge in [-0.25, -0.2) is 13.4 Å². The first-order valence-corrected chi connectivity index (χ1v) is 11.0. The van der Waals surface area contributed by atoms with Gasteiger partial charge < -0.3 is 10.1 Å². The number of nitrogens with one attached hydrogen (secondary N) is 1. The van der Waals surface area contributed by atoms with Crippen LogP contribution in [-0.4, -0.2) is 20.0 Å². The topological polar surface area (TPSA) is 68.3 Å². The Kier molecular flexibility index (Phi) is 5.94. The van der Waals surface area contributed by atoms with E-state index in [1.54, 1.807) is 36.4 Å². The van der Waals surface area contributed by atoms with Gasteiger partial charge in [-0.1, -0.05) is 23.8 Å². The lowest BCUT2D eigenvalue weighted by Crippen LogP contribution is -2.09. The molecule has 0 atom stereocenters. The molecule has 0 radical (unpaired) electrons. The highest BCUT2D eigenvalue weighted by atomic mass is 32.2. The highest BCUT2D eigenvalue weighted by Crippen LogP contribution is 2.32. The molecule has 152 valence electrons. The average molecular weight is 411 g/mol. The van der Waals surface area contributed by atoms with Gasteiger partial charge in [0.1, 0.15) is 16.5 Å². The van der Waals surface area contributed by atoms with Crippen LogP contribution in [0.25, 0.3) is 0 Å². The number of hydrogen-bond donors (Lipinski definition) is 1. The lowest BCUT2D eigenvalue weighted by molar-refractivity contribution is 0.339. The summed E-state index contributed by atoms with van der Waals surface area (Å²) in [5.41, 5.74) is 4.83. The number of sulfone groups is 1. The van der Waals surface area contributed by atoms with Crippen molar-refractivity contribution in [3.05, 3.63) is 70.9 Å². The summed E-state index contributed by atoms with van der Waals surface area (Å²) >= 11 is 0. The molecule has 1 aromatic heterocycles. The van der Waals surface area contributed by atoms with E-state index in [1.807, 2.05) is 34.6 Å². The first-order chi connectivity index (χ1) is 13.7. The van der Waals surface area contributed by atoms with Gasteiger partial charge in [-0.2, -0.15) is 0 Å². The van der Waals surface area contributed by atoms with Crippen LogP contribution in [0.15, 0.2) is 58.3 Å². The molecule has 0 aliphatic carbocycles. The highest BCUT2D eigenvalue weighted by Gasteiger charge is 2.24. The van der Waals surface area contributed by atoms with Crippen LogP contribution in [-0.2, 0) is 9.84 Å². The Labute approximate surface area is 172 Å². The van der Waals surface area contributed by atoms with Crippen LogP contribution < -0.4 is 10.1 Å². The molecule has 2 aromatic carbocycles. The molecule has 3 rings (SSSR count). The predicted molar refractivity (Wildman–Crippen MR) is 116 cm³/mol. The number of aromatic nitrogens is 1. The van der Waals surface area contributed by atoms with E-state index in [1.165, 1.54) is 0 Å². The first-order valence-electron chi connectivity index (χ1n) is 9.53. The fourth-order valence-electron chi connectivity index (χ4n) is 3.37. The maximum atomic E-state index is 13.4. The van der Waals surface area contributed by atoms with Crippen molar-refractivity contribution in [2.75, 3.05) is 11.9 Å². The Balaban J connectivity index is 2.11. The summed E-state index contributed by atoms with van der Waals surface area (Å²) < 4.78 is 32.3. The molecule has 0 fully saturated rings. The van der Waals surface area contributed by atoms with Crippen LogP contribution in [0, 0.1) is 27.7 Å². The monoisotopic (exact) mass is 410 g/mol. The molecule has 0 amide bonds. The lowest BCUT2D eigenvalue weighted by atomic mass is 10.1. The lowest BCUT2D eigenvalue weighted by Gasteiger charge is -2.17. The second kappa shape index (κ2) is 8.25. The van der Waals surface area contributed by atoms with E-state index in [4.69, 9.17) is 4.74 Å². The van der Waals surface area contributed by atoms with Crippen molar-refractivity contribution in [2.45, 2.75) is 44.4 Å². The number of ether oxygens (including phenoxy) is 1. The van der Waals surface area contributed by atoms with Crippen molar-refractivity contribution in [1.29, 1.82) is 0 Å². The van der Waals surface area contributed by atoms with Crippen molar-refractivity contribution in [3.8, 4) is 5.75 Å². The molecule has 0 saturated heterocycles. The van der Waals surface area contributed by atoms with Crippen molar-refractivity contribution in [3.63, 3.8) is 0 Å². The van der Waals surface area contributed by atoms with Crippen LogP contribution >= 0.6 is 0 Å². The third-order valence-electron chi connectivity index (χ3n) is 4.63. The highest BCUT2D eigenvalue weighted by molar-refractivity contribution is 7.91. The molecule has 5 nitrogen and oxygen atoms in total. The van der Waals surface area contributed by atoms with Gasteiger partial charge in [0, 0.05) is 11.4 Å². The van der Waals surface area contributed by atoms with Crippen LogP contribution in [0.4, 0.5) is 11.5 Å². The van der Waals surface area contributed by atoms with Gasteiger partial charge in [0.05, 0.1) is 11.5 Å². The van der Waals surface area contributed by atoms with E-state index in [2.05, 4.69) is 22.4 Å². The van der Waals surface area contributed by atoms with Gasteiger partial charge in [0.2, 0.25) is 9.84 Å². The van der Waals surface area contributed by atoms with Gasteiger partial charge in [-0.05, 0) is 76.1 Å². The Morgan fingerprint density at radius 3 is 2.31 bits per heavy atom. The summed E-state index contributed by atoms with van der Waals surface area (Å²) in [5.74, 6) is 0.843. The summed E-state index contributed by atoms with van der Waals surface area (Å²) in [6, 6.07) is 14.0. The number of benzene rings is 2. The number of nitrogens with zero attached hydrogens (tertiary/aromatic N) is 1. The molecule has 29 heavy (non-hydrogen) atoms. The van der Waals surface area contributed by atoms with E-state index < -0.39 is 9.84 Å². The summed E-state index contributed by atoms with van der Waals surface area (Å²) in [6.45, 7) is 10.2. The zero-order chi connectivity index (χ0) is 21.2. The van der Waals surface area contributed by atoms with E-state index in [0.29, 0.717) is 18.2 Å². The molecule has 0 bridgehead atoms. The molecular formula is C23H26N2O3S. The smallest absolute Gasteiger partial charge is 0.210 e. The largest absolute Gasteiger partial charge is 0.494 e. The fourth-order valence-corrected chi connectivity index (χ4v) is 4.75. The van der Waals surface area contributed by atoms with Crippen molar-refractivity contribution < 1.29 is 13.2 Å². The molecular weight excluding hydrogens is 384 g/mol. The van der Waals surface area contributed by atoms with E-state index >= 15 is 0 Å². The van der Waals surface area contributed by atoms with Gasteiger partial charge in [-0.15, -0.1) is 0 Å². The van der Waals surface area contributed by atoms with Crippen LogP contribution in [0.5, 0.6) is 5.75 Å². The van der Waals surface area contributed by atoms with Crippen LogP contribution in [0.3, 0.4) is 0 Å². The molecule has 0 aliphatic heterocycles. The summed E-state index contributed by atoms with van der Waals surface area (Å²) in [4.78, 5) is 4.81. The van der Waals surface area contributed by atoms with E-state index in [9.17, 15) is 8.42 Å². The molecule has 0 spiro atoms. The molecule has 3 aromatic rings. The predicted octanol–water partition coefficient (Wildman–Crippen LogP) is 5.29. The number of aryl methyl sites for hydroxylation is 4. The molecule has 6 heteroatoms. The minimum absolute atomic E-state index is 0.135. The average Bonchev–Trinajstić information content (AvgIpc) is 2.65. The Hall–Kier alpha value is -2.86. The quantitative estimate of drug-likeness (QED) is 0.598. The number of hydrogen-bond acceptors (Lipinski definition) is 5. The Morgan fingerprint density at radius 2 is 1.66 bits per heavy atom. The van der Waals surface area contributed by atoms with Gasteiger partial charge in [-0.3, -0.25) is 0 Å². The third-order valence-corrected chi connectivity index (χ3v) is 6.42. The maximum Gasteiger partial charge on any atom is 0.210 e. The minimum atomic E-state index is -3.79. The second-order valence-corrected chi connectivity index (χ2v) is 9.03. The van der Waals surface area contributed by atoms with E-state index in [0.717, 1.165) is 28.1 Å². The number of anilines is 2. The Morgan fingerprint density at radius 1 is 0.966 bits per heavy atom. The first kappa shape index (κ1) is 20.9. The summed E-state index contributed by atoms with van der Waals surface area (Å²) in [6.07, 6.45) is 0. The third kappa shape index (κ3) is 4.43. The Bertz CT molecular complexity index is 1130. The normalized spacial score (nSPS) is 11.3. The van der Waals surface area contributed by atoms with Crippen LogP contribution in [0.1, 0.15) is 29.3 Å². The van der Waals surface area contributed by atoms with Gasteiger partial charge in [0.25, 0.3) is 0 Å². The number of pyridine rings is 1. The SMILES string of the molecule is CCOc1cccc(S(=O)(=O)c2ccc(C)nc2Nc2c(C)cc(C)cc2C)c1. The molecule has 1 heterocycles.